The Labute approximate surface area is 116 Å². The summed E-state index contributed by atoms with van der Waals surface area (Å²) in [6, 6.07) is 4.02. The van der Waals surface area contributed by atoms with E-state index in [2.05, 4.69) is 36.6 Å². The van der Waals surface area contributed by atoms with Gasteiger partial charge in [-0.2, -0.15) is 4.98 Å². The Balaban J connectivity index is 2.33. The van der Waals surface area contributed by atoms with Gasteiger partial charge in [0, 0.05) is 6.20 Å². The maximum Gasteiger partial charge on any atom is 0.239 e. The standard InChI is InChI=1S/C10H8BrClFN5/c11-6-4-15-10(18-14)17-9(6)16-8-2-1-5(13)3-7(8)12/h1-4H,14H2,(H2,15,16,17,18). The number of anilines is 3. The lowest BCUT2D eigenvalue weighted by molar-refractivity contribution is 0.628. The molecule has 0 fully saturated rings. The fourth-order valence-electron chi connectivity index (χ4n) is 1.24. The lowest BCUT2D eigenvalue weighted by Gasteiger charge is -2.10. The summed E-state index contributed by atoms with van der Waals surface area (Å²) in [5.74, 6) is 5.53. The fraction of sp³-hybridized carbons (Fsp3) is 0. The van der Waals surface area contributed by atoms with Gasteiger partial charge in [0.2, 0.25) is 5.95 Å². The second-order valence-electron chi connectivity index (χ2n) is 3.28. The number of nitrogens with zero attached hydrogens (tertiary/aromatic N) is 2. The minimum absolute atomic E-state index is 0.249. The highest BCUT2D eigenvalue weighted by Crippen LogP contribution is 2.29. The van der Waals surface area contributed by atoms with Gasteiger partial charge in [-0.1, -0.05) is 11.6 Å². The van der Waals surface area contributed by atoms with E-state index in [1.807, 2.05) is 0 Å². The molecule has 8 heteroatoms. The van der Waals surface area contributed by atoms with Crippen LogP contribution in [0.25, 0.3) is 0 Å². The summed E-state index contributed by atoms with van der Waals surface area (Å²) in [7, 11) is 0. The third-order valence-corrected chi connectivity index (χ3v) is 2.95. The predicted octanol–water partition coefficient (Wildman–Crippen LogP) is 3.06. The molecule has 0 radical (unpaired) electrons. The van der Waals surface area contributed by atoms with Crippen molar-refractivity contribution in [2.24, 2.45) is 5.84 Å². The first-order valence-electron chi connectivity index (χ1n) is 4.81. The van der Waals surface area contributed by atoms with Crippen LogP contribution in [-0.4, -0.2) is 9.97 Å². The molecule has 0 atom stereocenters. The van der Waals surface area contributed by atoms with E-state index < -0.39 is 5.82 Å². The van der Waals surface area contributed by atoms with E-state index in [0.717, 1.165) is 0 Å². The van der Waals surface area contributed by atoms with E-state index in [1.54, 1.807) is 0 Å². The summed E-state index contributed by atoms with van der Waals surface area (Å²) in [4.78, 5) is 8.00. The Bertz CT molecular complexity index is 580. The zero-order valence-electron chi connectivity index (χ0n) is 8.92. The quantitative estimate of drug-likeness (QED) is 0.595. The Hall–Kier alpha value is -1.44. The third kappa shape index (κ3) is 2.87. The highest BCUT2D eigenvalue weighted by atomic mass is 79.9. The third-order valence-electron chi connectivity index (χ3n) is 2.06. The van der Waals surface area contributed by atoms with Gasteiger partial charge in [0.25, 0.3) is 0 Å². The topological polar surface area (TPSA) is 75.9 Å². The molecule has 1 heterocycles. The van der Waals surface area contributed by atoms with Crippen LogP contribution < -0.4 is 16.6 Å². The molecular weight excluding hydrogens is 324 g/mol. The Morgan fingerprint density at radius 2 is 2.17 bits per heavy atom. The minimum atomic E-state index is -0.406. The number of nitrogens with one attached hydrogen (secondary N) is 2. The molecule has 5 nitrogen and oxygen atoms in total. The number of aromatic nitrogens is 2. The summed E-state index contributed by atoms with van der Waals surface area (Å²) in [6.45, 7) is 0. The largest absolute Gasteiger partial charge is 0.338 e. The zero-order valence-corrected chi connectivity index (χ0v) is 11.3. The molecule has 0 aliphatic rings. The van der Waals surface area contributed by atoms with E-state index in [-0.39, 0.29) is 11.0 Å². The maximum absolute atomic E-state index is 12.9. The molecule has 0 aliphatic carbocycles. The highest BCUT2D eigenvalue weighted by molar-refractivity contribution is 9.10. The van der Waals surface area contributed by atoms with Gasteiger partial charge in [0.15, 0.2) is 0 Å². The first-order chi connectivity index (χ1) is 8.60. The van der Waals surface area contributed by atoms with Crippen LogP contribution in [0.4, 0.5) is 21.8 Å². The molecule has 0 saturated heterocycles. The van der Waals surface area contributed by atoms with Crippen molar-refractivity contribution in [1.29, 1.82) is 0 Å². The van der Waals surface area contributed by atoms with Crippen molar-refractivity contribution in [3.8, 4) is 0 Å². The number of halogens is 3. The summed E-state index contributed by atoms with van der Waals surface area (Å²) in [6.07, 6.45) is 1.53. The molecule has 2 aromatic rings. The molecule has 0 amide bonds. The van der Waals surface area contributed by atoms with Crippen molar-refractivity contribution in [2.45, 2.75) is 0 Å². The van der Waals surface area contributed by atoms with Crippen LogP contribution in [0.1, 0.15) is 0 Å². The zero-order chi connectivity index (χ0) is 13.1. The smallest absolute Gasteiger partial charge is 0.239 e. The molecule has 0 spiro atoms. The van der Waals surface area contributed by atoms with Crippen molar-refractivity contribution >= 4 is 45.0 Å². The Morgan fingerprint density at radius 1 is 1.39 bits per heavy atom. The van der Waals surface area contributed by atoms with Gasteiger partial charge >= 0.3 is 0 Å². The van der Waals surface area contributed by atoms with Crippen LogP contribution in [0, 0.1) is 5.82 Å². The van der Waals surface area contributed by atoms with Crippen molar-refractivity contribution in [2.75, 3.05) is 10.7 Å². The molecule has 94 valence electrons. The van der Waals surface area contributed by atoms with Crippen molar-refractivity contribution < 1.29 is 4.39 Å². The molecule has 1 aromatic heterocycles. The second-order valence-corrected chi connectivity index (χ2v) is 4.55. The van der Waals surface area contributed by atoms with Crippen LogP contribution >= 0.6 is 27.5 Å². The van der Waals surface area contributed by atoms with Gasteiger partial charge in [0.1, 0.15) is 11.6 Å². The molecule has 0 aliphatic heterocycles. The first kappa shape index (κ1) is 13.0. The van der Waals surface area contributed by atoms with Crippen LogP contribution in [-0.2, 0) is 0 Å². The first-order valence-corrected chi connectivity index (χ1v) is 5.98. The summed E-state index contributed by atoms with van der Waals surface area (Å²) in [5, 5.41) is 3.20. The summed E-state index contributed by atoms with van der Waals surface area (Å²) in [5.41, 5.74) is 2.86. The van der Waals surface area contributed by atoms with Crippen molar-refractivity contribution in [3.63, 3.8) is 0 Å². The van der Waals surface area contributed by atoms with Crippen LogP contribution in [0.15, 0.2) is 28.9 Å². The molecule has 18 heavy (non-hydrogen) atoms. The molecule has 2 rings (SSSR count). The molecule has 1 aromatic carbocycles. The number of benzene rings is 1. The summed E-state index contributed by atoms with van der Waals surface area (Å²) >= 11 is 9.19. The average Bonchev–Trinajstić information content (AvgIpc) is 2.35. The van der Waals surface area contributed by atoms with Crippen LogP contribution in [0.3, 0.4) is 0 Å². The SMILES string of the molecule is NNc1ncc(Br)c(Nc2ccc(F)cc2Cl)n1. The van der Waals surface area contributed by atoms with Crippen molar-refractivity contribution in [3.05, 3.63) is 39.7 Å². The van der Waals surface area contributed by atoms with E-state index in [9.17, 15) is 4.39 Å². The van der Waals surface area contributed by atoms with E-state index in [1.165, 1.54) is 24.4 Å². The summed E-state index contributed by atoms with van der Waals surface area (Å²) < 4.78 is 13.5. The second kappa shape index (κ2) is 5.47. The highest BCUT2D eigenvalue weighted by Gasteiger charge is 2.07. The number of rotatable bonds is 3. The molecule has 4 N–H and O–H groups in total. The monoisotopic (exact) mass is 331 g/mol. The van der Waals surface area contributed by atoms with E-state index >= 15 is 0 Å². The molecular formula is C10H8BrClFN5. The number of hydrazine groups is 1. The Kier molecular flexibility index (Phi) is 3.95. The van der Waals surface area contributed by atoms with Gasteiger partial charge < -0.3 is 5.32 Å². The molecule has 0 unspecified atom stereocenters. The van der Waals surface area contributed by atoms with Crippen molar-refractivity contribution in [1.82, 2.24) is 9.97 Å². The minimum Gasteiger partial charge on any atom is -0.338 e. The fourth-order valence-corrected chi connectivity index (χ4v) is 1.75. The predicted molar refractivity (Wildman–Crippen MR) is 72.2 cm³/mol. The van der Waals surface area contributed by atoms with E-state index in [0.29, 0.717) is 16.0 Å². The van der Waals surface area contributed by atoms with Crippen LogP contribution in [0.5, 0.6) is 0 Å². The number of nitrogens with two attached hydrogens (primary N) is 1. The number of hydrogen-bond acceptors (Lipinski definition) is 5. The number of nitrogen functional groups attached to an aromatic ring is 1. The van der Waals surface area contributed by atoms with Gasteiger partial charge in [0.05, 0.1) is 15.2 Å². The Morgan fingerprint density at radius 3 is 2.83 bits per heavy atom. The van der Waals surface area contributed by atoms with E-state index in [4.69, 9.17) is 17.4 Å². The molecule has 0 saturated carbocycles. The maximum atomic E-state index is 12.9. The van der Waals surface area contributed by atoms with Gasteiger partial charge in [-0.3, -0.25) is 5.43 Å². The molecule has 0 bridgehead atoms. The lowest BCUT2D eigenvalue weighted by Crippen LogP contribution is -2.11. The normalized spacial score (nSPS) is 10.2. The van der Waals surface area contributed by atoms with Gasteiger partial charge in [-0.05, 0) is 34.1 Å². The lowest BCUT2D eigenvalue weighted by atomic mass is 10.3. The van der Waals surface area contributed by atoms with Gasteiger partial charge in [-0.25, -0.2) is 15.2 Å². The van der Waals surface area contributed by atoms with Gasteiger partial charge in [-0.15, -0.1) is 0 Å². The van der Waals surface area contributed by atoms with Crippen LogP contribution in [0.2, 0.25) is 5.02 Å². The number of hydrogen-bond donors (Lipinski definition) is 3. The average molecular weight is 333 g/mol.